The molecule has 0 radical (unpaired) electrons. The van der Waals surface area contributed by atoms with Crippen LogP contribution in [0, 0.1) is 5.41 Å². The number of hydrogen-bond acceptors (Lipinski definition) is 8. The first-order valence-electron chi connectivity index (χ1n) is 7.15. The van der Waals surface area contributed by atoms with E-state index in [0.717, 1.165) is 0 Å². The minimum atomic E-state index is -5.35. The minimum Gasteiger partial charge on any atom is -0.247 e. The van der Waals surface area contributed by atoms with E-state index in [1.807, 2.05) is 0 Å². The molecule has 0 atom stereocenters. The van der Waals surface area contributed by atoms with Gasteiger partial charge in [0.25, 0.3) is 0 Å². The predicted molar refractivity (Wildman–Crippen MR) is 44.1 cm³/mol. The molecule has 2 aliphatic rings. The third-order valence-corrected chi connectivity index (χ3v) is 2.34. The van der Waals surface area contributed by atoms with Crippen LogP contribution in [0.15, 0.2) is 0 Å². The lowest BCUT2D eigenvalue weighted by atomic mass is 9.93. The van der Waals surface area contributed by atoms with Crippen molar-refractivity contribution in [1.29, 1.82) is 0 Å². The molecule has 0 aromatic carbocycles. The second-order valence-electron chi connectivity index (χ2n) is 2.31. The Hall–Kier alpha value is -0.260. The maximum atomic E-state index is 11.3. The molecule has 2 fully saturated rings. The van der Waals surface area contributed by atoms with Gasteiger partial charge in [-0.1, -0.05) is 0 Å². The molecule has 0 amide bonds. The highest BCUT2D eigenvalue weighted by atomic mass is 32.3. The van der Waals surface area contributed by atoms with E-state index in [4.69, 9.17) is 11.0 Å². The van der Waals surface area contributed by atoms with Crippen molar-refractivity contribution in [1.82, 2.24) is 0 Å². The van der Waals surface area contributed by atoms with Gasteiger partial charge in [0.1, 0.15) is 0 Å². The molecule has 0 aromatic heterocycles. The fourth-order valence-electron chi connectivity index (χ4n) is 0.613. The summed E-state index contributed by atoms with van der Waals surface area (Å²) < 4.78 is 121. The van der Waals surface area contributed by atoms with Gasteiger partial charge in [-0.05, 0) is 0 Å². The summed E-state index contributed by atoms with van der Waals surface area (Å²) in [6.07, 6.45) is 0. The zero-order chi connectivity index (χ0) is 18.3. The van der Waals surface area contributed by atoms with E-state index >= 15 is 0 Å². The molecular formula is C5H8O8S2. The van der Waals surface area contributed by atoms with Gasteiger partial charge in [0.15, 0.2) is 0 Å². The summed E-state index contributed by atoms with van der Waals surface area (Å²) in [6, 6.07) is 0. The Balaban J connectivity index is 2.89. The van der Waals surface area contributed by atoms with Crippen LogP contribution in [0.1, 0.15) is 11.0 Å². The lowest BCUT2D eigenvalue weighted by Gasteiger charge is -2.36. The average Bonchev–Trinajstić information content (AvgIpc) is 2.00. The van der Waals surface area contributed by atoms with Crippen molar-refractivity contribution in [2.24, 2.45) is 5.41 Å². The molecule has 2 aliphatic heterocycles. The molecular weight excluding hydrogens is 252 g/mol. The molecule has 2 rings (SSSR count). The fourth-order valence-corrected chi connectivity index (χ4v) is 1.59. The van der Waals surface area contributed by atoms with Gasteiger partial charge in [-0.2, -0.15) is 16.8 Å². The van der Waals surface area contributed by atoms with Crippen molar-refractivity contribution >= 4 is 20.8 Å². The van der Waals surface area contributed by atoms with Crippen LogP contribution >= 0.6 is 0 Å². The highest BCUT2D eigenvalue weighted by Crippen LogP contribution is 2.30. The maximum absolute atomic E-state index is 11.3. The molecule has 0 bridgehead atoms. The largest absolute Gasteiger partial charge is 0.399 e. The molecule has 0 aromatic rings. The first-order valence-corrected chi connectivity index (χ1v) is 5.82. The van der Waals surface area contributed by atoms with Gasteiger partial charge in [0.05, 0.1) is 42.6 Å². The van der Waals surface area contributed by atoms with Gasteiger partial charge < -0.3 is 0 Å². The van der Waals surface area contributed by atoms with E-state index in [2.05, 4.69) is 16.7 Å². The van der Waals surface area contributed by atoms with Crippen molar-refractivity contribution in [3.05, 3.63) is 0 Å². The first kappa shape index (κ1) is 4.94. The Morgan fingerprint density at radius 3 is 1.33 bits per heavy atom. The topological polar surface area (TPSA) is 105 Å². The van der Waals surface area contributed by atoms with Gasteiger partial charge in [-0.3, -0.25) is 0 Å². The lowest BCUT2D eigenvalue weighted by Crippen LogP contribution is -2.50. The van der Waals surface area contributed by atoms with Crippen molar-refractivity contribution in [2.75, 3.05) is 26.2 Å². The molecule has 15 heavy (non-hydrogen) atoms. The standard InChI is InChI=1S/C5H8O8S2/c6-14(7)10-1-5(2-11-14)3-12-15(8,9)13-4-5/h1-4H2/i1D2,2D2,3D2,4D2. The summed E-state index contributed by atoms with van der Waals surface area (Å²) in [5.74, 6) is 0. The Labute approximate surface area is 98.0 Å². The van der Waals surface area contributed by atoms with Crippen LogP contribution in [0.25, 0.3) is 0 Å². The third-order valence-electron chi connectivity index (χ3n) is 1.19. The summed E-state index contributed by atoms with van der Waals surface area (Å²) in [7, 11) is -10.7. The predicted octanol–water partition coefficient (Wildman–Crippen LogP) is -1.44. The zero-order valence-electron chi connectivity index (χ0n) is 14.6. The van der Waals surface area contributed by atoms with Gasteiger partial charge in [-0.15, -0.1) is 0 Å². The van der Waals surface area contributed by atoms with Crippen LogP contribution < -0.4 is 0 Å². The Kier molecular flexibility index (Phi) is 1.11. The normalized spacial score (nSPS) is 53.9. The van der Waals surface area contributed by atoms with Gasteiger partial charge in [-0.25, -0.2) is 16.7 Å². The Bertz CT molecular complexity index is 625. The summed E-state index contributed by atoms with van der Waals surface area (Å²) in [6.45, 7) is -16.0. The lowest BCUT2D eigenvalue weighted by molar-refractivity contribution is -0.0598. The van der Waals surface area contributed by atoms with E-state index in [1.54, 1.807) is 0 Å². The molecule has 2 heterocycles. The van der Waals surface area contributed by atoms with Crippen LogP contribution in [-0.4, -0.2) is 43.1 Å². The number of rotatable bonds is 0. The second-order valence-corrected chi connectivity index (χ2v) is 4.61. The molecule has 0 saturated carbocycles. The van der Waals surface area contributed by atoms with Crippen molar-refractivity contribution in [2.45, 2.75) is 0 Å². The van der Waals surface area contributed by atoms with Crippen LogP contribution in [-0.2, 0) is 37.5 Å². The molecule has 8 nitrogen and oxygen atoms in total. The van der Waals surface area contributed by atoms with Crippen molar-refractivity contribution < 1.29 is 44.5 Å². The van der Waals surface area contributed by atoms with Crippen molar-refractivity contribution in [3.63, 3.8) is 0 Å². The van der Waals surface area contributed by atoms with E-state index < -0.39 is 52.4 Å². The van der Waals surface area contributed by atoms with E-state index in [0.29, 0.717) is 0 Å². The zero-order valence-corrected chi connectivity index (χ0v) is 8.22. The Morgan fingerprint density at radius 2 is 1.07 bits per heavy atom. The Morgan fingerprint density at radius 1 is 0.800 bits per heavy atom. The summed E-state index contributed by atoms with van der Waals surface area (Å²) in [5.41, 5.74) is -3.96. The minimum absolute atomic E-state index is 3.84. The van der Waals surface area contributed by atoms with Gasteiger partial charge in [0, 0.05) is 0 Å². The molecule has 0 aliphatic carbocycles. The van der Waals surface area contributed by atoms with E-state index in [-0.39, 0.29) is 0 Å². The van der Waals surface area contributed by atoms with Crippen LogP contribution in [0.2, 0.25) is 0 Å². The second kappa shape index (κ2) is 3.37. The van der Waals surface area contributed by atoms with E-state index in [1.165, 1.54) is 0 Å². The van der Waals surface area contributed by atoms with Crippen LogP contribution in [0.3, 0.4) is 0 Å². The highest BCUT2D eigenvalue weighted by Gasteiger charge is 2.45. The smallest absolute Gasteiger partial charge is 0.247 e. The molecule has 10 heteroatoms. The molecule has 88 valence electrons. The maximum Gasteiger partial charge on any atom is 0.399 e. The van der Waals surface area contributed by atoms with E-state index in [9.17, 15) is 16.8 Å². The number of hydrogen-bond donors (Lipinski definition) is 0. The molecule has 0 N–H and O–H groups in total. The highest BCUT2D eigenvalue weighted by molar-refractivity contribution is 7.82. The third kappa shape index (κ3) is 2.46. The average molecular weight is 268 g/mol. The monoisotopic (exact) mass is 268 g/mol. The van der Waals surface area contributed by atoms with Crippen molar-refractivity contribution in [3.8, 4) is 0 Å². The van der Waals surface area contributed by atoms with Crippen LogP contribution in [0.5, 0.6) is 0 Å². The summed E-state index contributed by atoms with van der Waals surface area (Å²) in [4.78, 5) is 0. The molecule has 2 saturated heterocycles. The summed E-state index contributed by atoms with van der Waals surface area (Å²) >= 11 is 0. The fraction of sp³-hybridized carbons (Fsp3) is 1.00. The quantitative estimate of drug-likeness (QED) is 0.525. The first-order chi connectivity index (χ1) is 9.83. The molecule has 1 spiro atoms. The van der Waals surface area contributed by atoms with Gasteiger partial charge in [0.2, 0.25) is 0 Å². The van der Waals surface area contributed by atoms with Gasteiger partial charge >= 0.3 is 20.8 Å². The SMILES string of the molecule is [2H]C1([2H])OS(=O)(=O)OC([2H])([2H])C12C([2H])([2H])OS(=O)(=O)OC2([2H])[2H]. The molecule has 0 unspecified atom stereocenters. The van der Waals surface area contributed by atoms with Crippen LogP contribution in [0.4, 0.5) is 0 Å². The summed E-state index contributed by atoms with van der Waals surface area (Å²) in [5, 5.41) is 0.